The van der Waals surface area contributed by atoms with Crippen molar-refractivity contribution in [1.82, 2.24) is 0 Å². The normalized spacial score (nSPS) is 38.5. The summed E-state index contributed by atoms with van der Waals surface area (Å²) in [6.45, 7) is 0. The van der Waals surface area contributed by atoms with E-state index in [2.05, 4.69) is 31.9 Å². The predicted molar refractivity (Wildman–Crippen MR) is 59.3 cm³/mol. The Balaban J connectivity index is 2.51. The molecule has 0 amide bonds. The summed E-state index contributed by atoms with van der Waals surface area (Å²) in [6, 6.07) is 0. The molecule has 0 aromatic heterocycles. The van der Waals surface area contributed by atoms with Crippen molar-refractivity contribution in [3.05, 3.63) is 11.1 Å². The minimum absolute atomic E-state index is 0.0108. The Morgan fingerprint density at radius 3 is 1.60 bits per heavy atom. The topological polar surface area (TPSA) is 74.6 Å². The second kappa shape index (κ2) is 3.59. The Hall–Kier alpha value is -0.360. The van der Waals surface area contributed by atoms with E-state index in [9.17, 15) is 9.59 Å². The molecule has 4 atom stereocenters. The molecule has 2 aliphatic rings. The third kappa shape index (κ3) is 1.45. The van der Waals surface area contributed by atoms with Crippen molar-refractivity contribution < 1.29 is 19.8 Å². The highest BCUT2D eigenvalue weighted by atomic mass is 79.9. The van der Waals surface area contributed by atoms with Crippen LogP contribution in [0, 0.1) is 11.8 Å². The van der Waals surface area contributed by atoms with Gasteiger partial charge in [0.1, 0.15) is 0 Å². The van der Waals surface area contributed by atoms with Crippen molar-refractivity contribution >= 4 is 43.8 Å². The maximum absolute atomic E-state index is 11.0. The monoisotopic (exact) mass is 338 g/mol. The van der Waals surface area contributed by atoms with Crippen LogP contribution < -0.4 is 0 Å². The fourth-order valence-electron chi connectivity index (χ4n) is 2.48. The van der Waals surface area contributed by atoms with E-state index in [1.54, 1.807) is 0 Å². The van der Waals surface area contributed by atoms with Gasteiger partial charge < -0.3 is 10.2 Å². The van der Waals surface area contributed by atoms with Crippen LogP contribution in [0.2, 0.25) is 0 Å². The second-order valence-electron chi connectivity index (χ2n) is 3.78. The lowest BCUT2D eigenvalue weighted by atomic mass is 9.91. The van der Waals surface area contributed by atoms with Crippen molar-refractivity contribution in [2.24, 2.45) is 11.8 Å². The van der Waals surface area contributed by atoms with Crippen LogP contribution in [0.15, 0.2) is 11.1 Å². The van der Waals surface area contributed by atoms with Crippen LogP contribution in [0.5, 0.6) is 0 Å². The lowest BCUT2D eigenvalue weighted by molar-refractivity contribution is -0.136. The zero-order valence-electron chi connectivity index (χ0n) is 7.48. The van der Waals surface area contributed by atoms with E-state index in [-0.39, 0.29) is 32.6 Å². The number of carbonyl (C=O) groups is 2. The minimum atomic E-state index is -1.11. The first-order chi connectivity index (χ1) is 6.95. The van der Waals surface area contributed by atoms with Crippen LogP contribution in [-0.2, 0) is 9.59 Å². The fourth-order valence-corrected chi connectivity index (χ4v) is 4.18. The molecule has 2 N–H and O–H groups in total. The van der Waals surface area contributed by atoms with E-state index in [1.165, 1.54) is 0 Å². The number of aliphatic carboxylic acids is 2. The zero-order chi connectivity index (χ0) is 11.3. The molecule has 82 valence electrons. The molecule has 1 saturated carbocycles. The van der Waals surface area contributed by atoms with Gasteiger partial charge in [-0.2, -0.15) is 0 Å². The summed E-state index contributed by atoms with van der Waals surface area (Å²) in [5.74, 6) is -2.60. The Kier molecular flexibility index (Phi) is 2.66. The van der Waals surface area contributed by atoms with E-state index >= 15 is 0 Å². The van der Waals surface area contributed by atoms with Gasteiger partial charge in [0, 0.05) is 21.5 Å². The van der Waals surface area contributed by atoms with Crippen molar-refractivity contribution in [1.29, 1.82) is 0 Å². The summed E-state index contributed by atoms with van der Waals surface area (Å²) < 4.78 is 0. The molecule has 0 aliphatic heterocycles. The van der Waals surface area contributed by atoms with Gasteiger partial charge in [-0.05, 0) is 6.42 Å². The summed E-state index contributed by atoms with van der Waals surface area (Å²) in [4.78, 5) is 22.0. The maximum Gasteiger partial charge on any atom is 0.332 e. The van der Waals surface area contributed by atoms with Gasteiger partial charge in [-0.3, -0.25) is 0 Å². The first kappa shape index (κ1) is 11.1. The Labute approximate surface area is 103 Å². The van der Waals surface area contributed by atoms with Gasteiger partial charge in [0.25, 0.3) is 0 Å². The smallest absolute Gasteiger partial charge is 0.332 e. The lowest BCUT2D eigenvalue weighted by Crippen LogP contribution is -2.30. The Bertz CT molecular complexity index is 342. The zero-order valence-corrected chi connectivity index (χ0v) is 10.7. The van der Waals surface area contributed by atoms with Crippen LogP contribution in [0.25, 0.3) is 0 Å². The van der Waals surface area contributed by atoms with Crippen LogP contribution >= 0.6 is 31.9 Å². The predicted octanol–water partition coefficient (Wildman–Crippen LogP) is 1.63. The molecule has 4 nitrogen and oxygen atoms in total. The summed E-state index contributed by atoms with van der Waals surface area (Å²) in [5.41, 5.74) is 0.148. The van der Waals surface area contributed by atoms with Crippen molar-refractivity contribution in [3.8, 4) is 0 Å². The average molecular weight is 340 g/mol. The van der Waals surface area contributed by atoms with E-state index in [4.69, 9.17) is 10.2 Å². The molecule has 15 heavy (non-hydrogen) atoms. The van der Waals surface area contributed by atoms with Crippen LogP contribution in [0.4, 0.5) is 0 Å². The number of halogens is 2. The van der Waals surface area contributed by atoms with Crippen LogP contribution in [-0.4, -0.2) is 31.8 Å². The number of carboxylic acid groups (broad SMARTS) is 2. The standard InChI is InChI=1S/C9H8Br2O4/c10-6-2-1-3(7(6)11)5(9(14)15)4(2)8(12)13/h2-3,6-7H,1H2,(H,12,13)(H,14,15)/t2-,3+,6-,7+. The van der Waals surface area contributed by atoms with Crippen molar-refractivity contribution in [2.45, 2.75) is 16.1 Å². The molecule has 0 aromatic rings. The molecule has 0 saturated heterocycles. The molecule has 0 unspecified atom stereocenters. The quantitative estimate of drug-likeness (QED) is 0.750. The minimum Gasteiger partial charge on any atom is -0.478 e. The van der Waals surface area contributed by atoms with Gasteiger partial charge in [0.05, 0.1) is 11.1 Å². The molecular formula is C9H8Br2O4. The third-order valence-corrected chi connectivity index (χ3v) is 6.20. The van der Waals surface area contributed by atoms with E-state index in [0.29, 0.717) is 6.42 Å². The molecule has 2 aliphatic carbocycles. The van der Waals surface area contributed by atoms with Gasteiger partial charge in [0.15, 0.2) is 0 Å². The van der Waals surface area contributed by atoms with Gasteiger partial charge >= 0.3 is 11.9 Å². The first-order valence-electron chi connectivity index (χ1n) is 4.44. The number of hydrogen-bond acceptors (Lipinski definition) is 2. The summed E-state index contributed by atoms with van der Waals surface area (Å²) >= 11 is 6.82. The molecule has 6 heteroatoms. The highest BCUT2D eigenvalue weighted by Gasteiger charge is 2.54. The SMILES string of the molecule is O=C(O)C1=C(C(=O)O)[C@@H]2C[C@H]1[C@@H](Br)[C@H]2Br. The Morgan fingerprint density at radius 2 is 1.33 bits per heavy atom. The third-order valence-electron chi connectivity index (χ3n) is 3.07. The molecular weight excluding hydrogens is 332 g/mol. The van der Waals surface area contributed by atoms with Gasteiger partial charge in [-0.15, -0.1) is 0 Å². The molecule has 0 spiro atoms. The fraction of sp³-hybridized carbons (Fsp3) is 0.556. The molecule has 1 fully saturated rings. The second-order valence-corrected chi connectivity index (χ2v) is 5.89. The Morgan fingerprint density at radius 1 is 1.00 bits per heavy atom. The van der Waals surface area contributed by atoms with Crippen molar-refractivity contribution in [2.75, 3.05) is 0 Å². The number of rotatable bonds is 2. The first-order valence-corrected chi connectivity index (χ1v) is 6.27. The number of carboxylic acids is 2. The van der Waals surface area contributed by atoms with E-state index in [0.717, 1.165) is 0 Å². The van der Waals surface area contributed by atoms with Gasteiger partial charge in [-0.25, -0.2) is 9.59 Å². The molecule has 0 aromatic carbocycles. The van der Waals surface area contributed by atoms with E-state index in [1.807, 2.05) is 0 Å². The molecule has 0 heterocycles. The largest absolute Gasteiger partial charge is 0.478 e. The van der Waals surface area contributed by atoms with Gasteiger partial charge in [-0.1, -0.05) is 31.9 Å². The van der Waals surface area contributed by atoms with Gasteiger partial charge in [0.2, 0.25) is 0 Å². The summed E-state index contributed by atoms with van der Waals surface area (Å²) in [7, 11) is 0. The van der Waals surface area contributed by atoms with E-state index < -0.39 is 11.9 Å². The molecule has 2 rings (SSSR count). The molecule has 0 radical (unpaired) electrons. The number of alkyl halides is 2. The number of fused-ring (bicyclic) bond motifs is 2. The highest BCUT2D eigenvalue weighted by molar-refractivity contribution is 9.12. The van der Waals surface area contributed by atoms with Crippen LogP contribution in [0.3, 0.4) is 0 Å². The average Bonchev–Trinajstić information content (AvgIpc) is 2.64. The summed E-state index contributed by atoms with van der Waals surface area (Å²) in [5, 5.41) is 18.0. The molecule has 2 bridgehead atoms. The summed E-state index contributed by atoms with van der Waals surface area (Å²) in [6.07, 6.45) is 0.606. The maximum atomic E-state index is 11.0. The number of hydrogen-bond donors (Lipinski definition) is 2. The lowest BCUT2D eigenvalue weighted by Gasteiger charge is -2.23. The van der Waals surface area contributed by atoms with Crippen molar-refractivity contribution in [3.63, 3.8) is 0 Å². The highest BCUT2D eigenvalue weighted by Crippen LogP contribution is 2.54. The van der Waals surface area contributed by atoms with Crippen LogP contribution in [0.1, 0.15) is 6.42 Å².